The molecule has 0 aliphatic carbocycles. The molecule has 1 aliphatic rings. The molecule has 1 saturated heterocycles. The van der Waals surface area contributed by atoms with Crippen molar-refractivity contribution in [2.75, 3.05) is 18.4 Å². The summed E-state index contributed by atoms with van der Waals surface area (Å²) in [6.45, 7) is 2.31. The second-order valence-corrected chi connectivity index (χ2v) is 6.85. The lowest BCUT2D eigenvalue weighted by atomic mass is 9.97. The molecule has 142 valence electrons. The molecule has 2 aromatic carbocycles. The minimum atomic E-state index is -1.07. The Hall–Kier alpha value is -3.35. The molecule has 3 aromatic rings. The summed E-state index contributed by atoms with van der Waals surface area (Å²) < 4.78 is 26.3. The van der Waals surface area contributed by atoms with Crippen LogP contribution in [-0.4, -0.2) is 34.8 Å². The number of nitrogens with one attached hydrogen (secondary N) is 1. The van der Waals surface area contributed by atoms with Gasteiger partial charge in [-0.1, -0.05) is 18.2 Å². The number of halogens is 2. The van der Waals surface area contributed by atoms with E-state index in [1.54, 1.807) is 0 Å². The number of amides is 2. The lowest BCUT2D eigenvalue weighted by molar-refractivity contribution is -0.123. The van der Waals surface area contributed by atoms with Crippen molar-refractivity contribution in [3.8, 4) is 0 Å². The zero-order valence-electron chi connectivity index (χ0n) is 15.1. The predicted molar refractivity (Wildman–Crippen MR) is 101 cm³/mol. The van der Waals surface area contributed by atoms with Crippen LogP contribution in [0.1, 0.15) is 16.1 Å². The topological polar surface area (TPSA) is 62.3 Å². The number of aryl methyl sites for hydroxylation is 1. The molecule has 0 unspecified atom stereocenters. The highest BCUT2D eigenvalue weighted by Crippen LogP contribution is 2.26. The second kappa shape index (κ2) is 6.99. The molecule has 1 N–H and O–H groups in total. The van der Waals surface area contributed by atoms with Gasteiger partial charge in [-0.3, -0.25) is 14.6 Å². The van der Waals surface area contributed by atoms with Crippen molar-refractivity contribution < 1.29 is 18.4 Å². The molecule has 2 heterocycles. The summed E-state index contributed by atoms with van der Waals surface area (Å²) in [6, 6.07) is 12.4. The molecule has 2 amide bonds. The van der Waals surface area contributed by atoms with Crippen LogP contribution in [0.25, 0.3) is 10.9 Å². The molecule has 1 aliphatic heterocycles. The monoisotopic (exact) mass is 381 g/mol. The fourth-order valence-corrected chi connectivity index (χ4v) is 3.27. The summed E-state index contributed by atoms with van der Waals surface area (Å²) in [4.78, 5) is 30.8. The van der Waals surface area contributed by atoms with Gasteiger partial charge in [-0.25, -0.2) is 8.78 Å². The molecule has 1 aromatic heterocycles. The number of hydrogen-bond acceptors (Lipinski definition) is 3. The maximum absolute atomic E-state index is 13.3. The maximum Gasteiger partial charge on any atom is 0.254 e. The SMILES string of the molecule is Cc1cc(NC(=O)C2CN(C(=O)c3ccc(F)c(F)c3)C2)c2ccccc2n1. The van der Waals surface area contributed by atoms with Crippen LogP contribution < -0.4 is 5.32 Å². The van der Waals surface area contributed by atoms with Crippen molar-refractivity contribution in [3.63, 3.8) is 0 Å². The number of carbonyl (C=O) groups is 2. The first kappa shape index (κ1) is 18.0. The molecule has 0 spiro atoms. The van der Waals surface area contributed by atoms with Crippen LogP contribution in [0.3, 0.4) is 0 Å². The molecule has 7 heteroatoms. The molecule has 0 atom stereocenters. The number of rotatable bonds is 3. The maximum atomic E-state index is 13.3. The third-order valence-electron chi connectivity index (χ3n) is 4.81. The number of para-hydroxylation sites is 1. The fraction of sp³-hybridized carbons (Fsp3) is 0.190. The Bertz CT molecular complexity index is 1090. The van der Waals surface area contributed by atoms with Crippen LogP contribution in [0, 0.1) is 24.5 Å². The van der Waals surface area contributed by atoms with Crippen LogP contribution in [-0.2, 0) is 4.79 Å². The van der Waals surface area contributed by atoms with Gasteiger partial charge in [0.1, 0.15) is 0 Å². The Kier molecular flexibility index (Phi) is 4.50. The van der Waals surface area contributed by atoms with E-state index in [-0.39, 0.29) is 30.5 Å². The van der Waals surface area contributed by atoms with Crippen molar-refractivity contribution in [1.29, 1.82) is 0 Å². The van der Waals surface area contributed by atoms with Gasteiger partial charge in [0.15, 0.2) is 11.6 Å². The average Bonchev–Trinajstić information content (AvgIpc) is 2.62. The Morgan fingerprint density at radius 1 is 1.07 bits per heavy atom. The van der Waals surface area contributed by atoms with E-state index in [9.17, 15) is 18.4 Å². The Morgan fingerprint density at radius 3 is 2.57 bits per heavy atom. The van der Waals surface area contributed by atoms with Gasteiger partial charge in [-0.2, -0.15) is 0 Å². The molecular formula is C21H17F2N3O2. The quantitative estimate of drug-likeness (QED) is 0.755. The molecule has 4 rings (SSSR count). The van der Waals surface area contributed by atoms with Gasteiger partial charge in [-0.05, 0) is 37.3 Å². The highest BCUT2D eigenvalue weighted by Gasteiger charge is 2.36. The average molecular weight is 381 g/mol. The highest BCUT2D eigenvalue weighted by molar-refractivity contribution is 6.03. The van der Waals surface area contributed by atoms with Gasteiger partial charge in [0, 0.05) is 29.7 Å². The van der Waals surface area contributed by atoms with E-state index in [4.69, 9.17) is 0 Å². The molecule has 0 radical (unpaired) electrons. The molecular weight excluding hydrogens is 364 g/mol. The van der Waals surface area contributed by atoms with E-state index in [2.05, 4.69) is 10.3 Å². The van der Waals surface area contributed by atoms with Crippen molar-refractivity contribution in [3.05, 3.63) is 71.4 Å². The summed E-state index contributed by atoms with van der Waals surface area (Å²) in [5.41, 5.74) is 2.33. The van der Waals surface area contributed by atoms with Crippen molar-refractivity contribution in [2.45, 2.75) is 6.92 Å². The third kappa shape index (κ3) is 3.31. The standard InChI is InChI=1S/C21H17F2N3O2/c1-12-8-19(15-4-2-3-5-18(15)24-12)25-20(27)14-10-26(11-14)21(28)13-6-7-16(22)17(23)9-13/h2-9,14H,10-11H2,1H3,(H,24,25,27). The van der Waals surface area contributed by atoms with Crippen LogP contribution in [0.4, 0.5) is 14.5 Å². The normalized spacial score (nSPS) is 14.0. The first-order valence-corrected chi connectivity index (χ1v) is 8.84. The van der Waals surface area contributed by atoms with Gasteiger partial charge in [0.25, 0.3) is 5.91 Å². The van der Waals surface area contributed by atoms with E-state index >= 15 is 0 Å². The van der Waals surface area contributed by atoms with E-state index in [1.807, 2.05) is 37.3 Å². The molecule has 1 fully saturated rings. The number of pyridine rings is 1. The third-order valence-corrected chi connectivity index (χ3v) is 4.81. The van der Waals surface area contributed by atoms with Crippen LogP contribution in [0.15, 0.2) is 48.5 Å². The van der Waals surface area contributed by atoms with Crippen molar-refractivity contribution in [2.24, 2.45) is 5.92 Å². The Morgan fingerprint density at radius 2 is 1.82 bits per heavy atom. The number of likely N-dealkylation sites (tertiary alicyclic amines) is 1. The fourth-order valence-electron chi connectivity index (χ4n) is 3.27. The van der Waals surface area contributed by atoms with E-state index in [0.717, 1.165) is 28.7 Å². The summed E-state index contributed by atoms with van der Waals surface area (Å²) in [5, 5.41) is 3.76. The molecule has 0 bridgehead atoms. The van der Waals surface area contributed by atoms with Crippen LogP contribution in [0.2, 0.25) is 0 Å². The number of nitrogens with zero attached hydrogens (tertiary/aromatic N) is 2. The number of hydrogen-bond donors (Lipinski definition) is 1. The zero-order chi connectivity index (χ0) is 19.8. The van der Waals surface area contributed by atoms with Gasteiger partial charge in [0.05, 0.1) is 17.1 Å². The summed E-state index contributed by atoms with van der Waals surface area (Å²) in [5.74, 6) is -3.04. The van der Waals surface area contributed by atoms with Crippen LogP contribution >= 0.6 is 0 Å². The molecule has 5 nitrogen and oxygen atoms in total. The first-order valence-electron chi connectivity index (χ1n) is 8.84. The van der Waals surface area contributed by atoms with Gasteiger partial charge in [0.2, 0.25) is 5.91 Å². The van der Waals surface area contributed by atoms with E-state index in [0.29, 0.717) is 5.69 Å². The predicted octanol–water partition coefficient (Wildman–Crippen LogP) is 3.53. The number of fused-ring (bicyclic) bond motifs is 1. The van der Waals surface area contributed by atoms with Crippen molar-refractivity contribution >= 4 is 28.4 Å². The summed E-state index contributed by atoms with van der Waals surface area (Å²) in [6.07, 6.45) is 0. The number of benzene rings is 2. The molecule has 28 heavy (non-hydrogen) atoms. The largest absolute Gasteiger partial charge is 0.337 e. The zero-order valence-corrected chi connectivity index (χ0v) is 15.1. The first-order chi connectivity index (χ1) is 13.4. The summed E-state index contributed by atoms with van der Waals surface area (Å²) >= 11 is 0. The lowest BCUT2D eigenvalue weighted by Crippen LogP contribution is -2.54. The van der Waals surface area contributed by atoms with Crippen LogP contribution in [0.5, 0.6) is 0 Å². The van der Waals surface area contributed by atoms with E-state index < -0.39 is 17.5 Å². The summed E-state index contributed by atoms with van der Waals surface area (Å²) in [7, 11) is 0. The number of anilines is 1. The number of aromatic nitrogens is 1. The van der Waals surface area contributed by atoms with E-state index in [1.165, 1.54) is 11.0 Å². The minimum absolute atomic E-state index is 0.0634. The number of carbonyl (C=O) groups excluding carboxylic acids is 2. The highest BCUT2D eigenvalue weighted by atomic mass is 19.2. The van der Waals surface area contributed by atoms with Gasteiger partial charge >= 0.3 is 0 Å². The second-order valence-electron chi connectivity index (χ2n) is 6.85. The van der Waals surface area contributed by atoms with Crippen molar-refractivity contribution in [1.82, 2.24) is 9.88 Å². The smallest absolute Gasteiger partial charge is 0.254 e. The molecule has 0 saturated carbocycles. The minimum Gasteiger partial charge on any atom is -0.337 e. The van der Waals surface area contributed by atoms with Gasteiger partial charge < -0.3 is 10.2 Å². The van der Waals surface area contributed by atoms with Gasteiger partial charge in [-0.15, -0.1) is 0 Å². The lowest BCUT2D eigenvalue weighted by Gasteiger charge is -2.38. The Labute approximate surface area is 160 Å². The Balaban J connectivity index is 1.43.